The van der Waals surface area contributed by atoms with Crippen LogP contribution in [0.1, 0.15) is 59.8 Å². The summed E-state index contributed by atoms with van der Waals surface area (Å²) in [5, 5.41) is 3.10. The van der Waals surface area contributed by atoms with E-state index in [1.807, 2.05) is 13.8 Å². The molecule has 1 N–H and O–H groups in total. The second-order valence-electron chi connectivity index (χ2n) is 4.86. The summed E-state index contributed by atoms with van der Waals surface area (Å²) in [5.74, 6) is -0.220. The Morgan fingerprint density at radius 1 is 1.16 bits per heavy atom. The molecular formula is C15H31NO3. The van der Waals surface area contributed by atoms with E-state index >= 15 is 0 Å². The summed E-state index contributed by atoms with van der Waals surface area (Å²) in [6.07, 6.45) is 6.25. The van der Waals surface area contributed by atoms with E-state index in [1.165, 1.54) is 25.7 Å². The normalized spacial score (nSPS) is 14.1. The Kier molecular flexibility index (Phi) is 12.0. The van der Waals surface area contributed by atoms with Gasteiger partial charge in [-0.15, -0.1) is 0 Å². The van der Waals surface area contributed by atoms with Crippen LogP contribution in [0.5, 0.6) is 0 Å². The molecule has 0 bridgehead atoms. The molecule has 0 fully saturated rings. The number of esters is 1. The van der Waals surface area contributed by atoms with Crippen LogP contribution >= 0.6 is 0 Å². The molecule has 0 rings (SSSR count). The van der Waals surface area contributed by atoms with Gasteiger partial charge in [0, 0.05) is 0 Å². The molecule has 0 amide bonds. The molecule has 0 aromatic heterocycles. The first-order chi connectivity index (χ1) is 9.15. The van der Waals surface area contributed by atoms with E-state index in [9.17, 15) is 4.79 Å². The van der Waals surface area contributed by atoms with Crippen LogP contribution in [-0.2, 0) is 14.3 Å². The Balaban J connectivity index is 3.85. The van der Waals surface area contributed by atoms with Crippen molar-refractivity contribution in [2.24, 2.45) is 0 Å². The van der Waals surface area contributed by atoms with Gasteiger partial charge in [0.1, 0.15) is 6.04 Å². The number of unbranched alkanes of at least 4 members (excludes halogenated alkanes) is 3. The fourth-order valence-electron chi connectivity index (χ4n) is 1.90. The van der Waals surface area contributed by atoms with Gasteiger partial charge in [-0.3, -0.25) is 4.79 Å². The molecule has 114 valence electrons. The molecule has 4 heteroatoms. The molecule has 0 aromatic rings. The Hall–Kier alpha value is -0.610. The number of nitrogens with one attached hydrogen (secondary N) is 1. The molecule has 0 saturated carbocycles. The van der Waals surface area contributed by atoms with E-state index in [4.69, 9.17) is 9.47 Å². The lowest BCUT2D eigenvalue weighted by Gasteiger charge is -2.19. The van der Waals surface area contributed by atoms with Crippen molar-refractivity contribution in [2.45, 2.75) is 71.9 Å². The number of hydrogen-bond donors (Lipinski definition) is 1. The van der Waals surface area contributed by atoms with E-state index in [2.05, 4.69) is 19.2 Å². The highest BCUT2D eigenvalue weighted by Gasteiger charge is 2.19. The summed E-state index contributed by atoms with van der Waals surface area (Å²) >= 11 is 0. The van der Waals surface area contributed by atoms with Gasteiger partial charge in [-0.05, 0) is 26.8 Å². The lowest BCUT2D eigenvalue weighted by Crippen LogP contribution is -2.42. The topological polar surface area (TPSA) is 47.6 Å². The average molecular weight is 273 g/mol. The molecule has 0 spiro atoms. The lowest BCUT2D eigenvalue weighted by atomic mass is 10.1. The molecule has 2 atom stereocenters. The highest BCUT2D eigenvalue weighted by molar-refractivity contribution is 5.75. The van der Waals surface area contributed by atoms with Gasteiger partial charge in [0.25, 0.3) is 0 Å². The van der Waals surface area contributed by atoms with Crippen LogP contribution in [0.4, 0.5) is 0 Å². The average Bonchev–Trinajstić information content (AvgIpc) is 2.39. The van der Waals surface area contributed by atoms with E-state index in [0.717, 1.165) is 13.0 Å². The Labute approximate surface area is 118 Å². The second kappa shape index (κ2) is 12.4. The maximum absolute atomic E-state index is 11.7. The van der Waals surface area contributed by atoms with Gasteiger partial charge in [-0.25, -0.2) is 0 Å². The van der Waals surface area contributed by atoms with Crippen molar-refractivity contribution in [3.8, 4) is 0 Å². The fraction of sp³-hybridized carbons (Fsp3) is 0.933. The molecule has 0 aromatic carbocycles. The number of ether oxygens (including phenoxy) is 2. The highest BCUT2D eigenvalue weighted by Crippen LogP contribution is 2.08. The third-order valence-corrected chi connectivity index (χ3v) is 3.03. The van der Waals surface area contributed by atoms with Crippen LogP contribution < -0.4 is 5.32 Å². The predicted octanol–water partition coefficient (Wildman–Crippen LogP) is 2.90. The van der Waals surface area contributed by atoms with Gasteiger partial charge in [0.05, 0.1) is 19.3 Å². The van der Waals surface area contributed by atoms with E-state index in [1.54, 1.807) is 0 Å². The number of hydrogen-bond acceptors (Lipinski definition) is 4. The van der Waals surface area contributed by atoms with Crippen molar-refractivity contribution in [1.29, 1.82) is 0 Å². The zero-order valence-electron chi connectivity index (χ0n) is 13.0. The molecule has 19 heavy (non-hydrogen) atoms. The van der Waals surface area contributed by atoms with E-state index < -0.39 is 0 Å². The van der Waals surface area contributed by atoms with Crippen molar-refractivity contribution >= 4 is 5.97 Å². The predicted molar refractivity (Wildman–Crippen MR) is 78.3 cm³/mol. The van der Waals surface area contributed by atoms with Crippen molar-refractivity contribution in [1.82, 2.24) is 5.32 Å². The standard InChI is InChI=1S/C15H31NO3/c1-5-8-9-10-11-13(4)19-12-14(16-6-2)15(17)18-7-3/h13-14,16H,5-12H2,1-4H3. The zero-order chi connectivity index (χ0) is 14.5. The maximum Gasteiger partial charge on any atom is 0.325 e. The van der Waals surface area contributed by atoms with E-state index in [-0.39, 0.29) is 18.1 Å². The molecule has 0 aliphatic carbocycles. The van der Waals surface area contributed by atoms with Gasteiger partial charge < -0.3 is 14.8 Å². The van der Waals surface area contributed by atoms with Crippen molar-refractivity contribution in [3.05, 3.63) is 0 Å². The van der Waals surface area contributed by atoms with Crippen molar-refractivity contribution in [3.63, 3.8) is 0 Å². The maximum atomic E-state index is 11.7. The number of carbonyl (C=O) groups excluding carboxylic acids is 1. The quantitative estimate of drug-likeness (QED) is 0.439. The number of rotatable bonds is 12. The second-order valence-corrected chi connectivity index (χ2v) is 4.86. The Bertz CT molecular complexity index is 221. The summed E-state index contributed by atoms with van der Waals surface area (Å²) < 4.78 is 10.8. The molecule has 0 aliphatic heterocycles. The van der Waals surface area contributed by atoms with Crippen LogP contribution in [0.15, 0.2) is 0 Å². The summed E-state index contributed by atoms with van der Waals surface area (Å²) in [5.41, 5.74) is 0. The van der Waals surface area contributed by atoms with Crippen LogP contribution in [0.25, 0.3) is 0 Å². The van der Waals surface area contributed by atoms with Crippen LogP contribution in [0.3, 0.4) is 0 Å². The first kappa shape index (κ1) is 18.4. The first-order valence-electron chi connectivity index (χ1n) is 7.67. The monoisotopic (exact) mass is 273 g/mol. The minimum atomic E-state index is -0.344. The summed E-state index contributed by atoms with van der Waals surface area (Å²) in [6.45, 7) is 9.60. The van der Waals surface area contributed by atoms with Gasteiger partial charge in [0.15, 0.2) is 0 Å². The van der Waals surface area contributed by atoms with Crippen LogP contribution in [0.2, 0.25) is 0 Å². The van der Waals surface area contributed by atoms with Gasteiger partial charge in [-0.2, -0.15) is 0 Å². The molecule has 0 heterocycles. The van der Waals surface area contributed by atoms with Crippen LogP contribution in [0, 0.1) is 0 Å². The molecular weight excluding hydrogens is 242 g/mol. The molecule has 0 aliphatic rings. The fourth-order valence-corrected chi connectivity index (χ4v) is 1.90. The van der Waals surface area contributed by atoms with E-state index in [0.29, 0.717) is 13.2 Å². The number of likely N-dealkylation sites (N-methyl/N-ethyl adjacent to an activating group) is 1. The molecule has 0 saturated heterocycles. The third kappa shape index (κ3) is 9.91. The zero-order valence-corrected chi connectivity index (χ0v) is 13.0. The van der Waals surface area contributed by atoms with Gasteiger partial charge in [0.2, 0.25) is 0 Å². The summed E-state index contributed by atoms with van der Waals surface area (Å²) in [6, 6.07) is -0.344. The molecule has 4 nitrogen and oxygen atoms in total. The van der Waals surface area contributed by atoms with Gasteiger partial charge >= 0.3 is 5.97 Å². The SMILES string of the molecule is CCCCCCC(C)OCC(NCC)C(=O)OCC. The highest BCUT2D eigenvalue weighted by atomic mass is 16.5. The van der Waals surface area contributed by atoms with Crippen molar-refractivity contribution in [2.75, 3.05) is 19.8 Å². The first-order valence-corrected chi connectivity index (χ1v) is 7.67. The minimum Gasteiger partial charge on any atom is -0.465 e. The third-order valence-electron chi connectivity index (χ3n) is 3.03. The molecule has 2 unspecified atom stereocenters. The molecule has 0 radical (unpaired) electrons. The Morgan fingerprint density at radius 2 is 1.89 bits per heavy atom. The van der Waals surface area contributed by atoms with Gasteiger partial charge in [-0.1, -0.05) is 39.5 Å². The summed E-state index contributed by atoms with van der Waals surface area (Å²) in [4.78, 5) is 11.7. The lowest BCUT2D eigenvalue weighted by molar-refractivity contribution is -0.147. The Morgan fingerprint density at radius 3 is 2.47 bits per heavy atom. The van der Waals surface area contributed by atoms with Crippen molar-refractivity contribution < 1.29 is 14.3 Å². The summed E-state index contributed by atoms with van der Waals surface area (Å²) in [7, 11) is 0. The smallest absolute Gasteiger partial charge is 0.325 e. The minimum absolute atomic E-state index is 0.201. The number of carbonyl (C=O) groups is 1. The largest absolute Gasteiger partial charge is 0.465 e. The van der Waals surface area contributed by atoms with Crippen LogP contribution in [-0.4, -0.2) is 37.9 Å².